The molecular formula is C25H32N4O3S. The Morgan fingerprint density at radius 3 is 2.09 bits per heavy atom. The minimum atomic E-state index is 0.0866. The first kappa shape index (κ1) is 24.5. The molecule has 3 rings (SSSR count). The van der Waals surface area contributed by atoms with Gasteiger partial charge in [-0.25, -0.2) is 4.98 Å². The van der Waals surface area contributed by atoms with E-state index in [1.165, 1.54) is 4.88 Å². The molecule has 0 spiro atoms. The SMILES string of the molecule is Cc1nc(-c2ccc(OCCCCCOc3ccc(/C(N)=N\O)cc3)cc2)c(CN(C)C)s1. The molecule has 7 nitrogen and oxygen atoms in total. The summed E-state index contributed by atoms with van der Waals surface area (Å²) in [5.74, 6) is 1.73. The van der Waals surface area contributed by atoms with E-state index >= 15 is 0 Å². The third-order valence-electron chi connectivity index (χ3n) is 4.98. The fourth-order valence-electron chi connectivity index (χ4n) is 3.34. The normalized spacial score (nSPS) is 11.7. The highest BCUT2D eigenvalue weighted by Gasteiger charge is 2.12. The van der Waals surface area contributed by atoms with Crippen LogP contribution in [0.5, 0.6) is 11.5 Å². The summed E-state index contributed by atoms with van der Waals surface area (Å²) in [7, 11) is 4.15. The molecule has 0 amide bonds. The molecule has 3 aromatic rings. The Morgan fingerprint density at radius 1 is 0.970 bits per heavy atom. The molecule has 2 aromatic carbocycles. The van der Waals surface area contributed by atoms with Gasteiger partial charge >= 0.3 is 0 Å². The zero-order valence-corrected chi connectivity index (χ0v) is 20.3. The molecule has 8 heteroatoms. The summed E-state index contributed by atoms with van der Waals surface area (Å²) in [6, 6.07) is 15.4. The quantitative estimate of drug-likeness (QED) is 0.129. The minimum Gasteiger partial charge on any atom is -0.494 e. The molecule has 0 aliphatic heterocycles. The van der Waals surface area contributed by atoms with Crippen LogP contribution in [-0.4, -0.2) is 48.2 Å². The molecule has 176 valence electrons. The number of benzene rings is 2. The molecule has 0 saturated carbocycles. The van der Waals surface area contributed by atoms with Crippen molar-refractivity contribution in [3.8, 4) is 22.8 Å². The van der Waals surface area contributed by atoms with Crippen LogP contribution >= 0.6 is 11.3 Å². The van der Waals surface area contributed by atoms with Gasteiger partial charge in [0.25, 0.3) is 0 Å². The molecule has 0 unspecified atom stereocenters. The zero-order valence-electron chi connectivity index (χ0n) is 19.5. The Labute approximate surface area is 199 Å². The summed E-state index contributed by atoms with van der Waals surface area (Å²) in [5.41, 5.74) is 8.40. The van der Waals surface area contributed by atoms with Gasteiger partial charge in [-0.05, 0) is 88.8 Å². The van der Waals surface area contributed by atoms with Gasteiger partial charge < -0.3 is 25.3 Å². The van der Waals surface area contributed by atoms with Crippen molar-refractivity contribution >= 4 is 17.2 Å². The smallest absolute Gasteiger partial charge is 0.170 e. The number of ether oxygens (including phenoxy) is 2. The third-order valence-corrected chi connectivity index (χ3v) is 5.93. The Kier molecular flexibility index (Phi) is 9.09. The number of unbranched alkanes of at least 4 members (excludes halogenated alkanes) is 2. The molecule has 33 heavy (non-hydrogen) atoms. The zero-order chi connectivity index (χ0) is 23.6. The minimum absolute atomic E-state index is 0.0866. The second-order valence-electron chi connectivity index (χ2n) is 8.03. The van der Waals surface area contributed by atoms with Crippen molar-refractivity contribution in [2.24, 2.45) is 10.9 Å². The van der Waals surface area contributed by atoms with Crippen molar-refractivity contribution in [1.29, 1.82) is 0 Å². The maximum atomic E-state index is 8.69. The molecule has 0 aliphatic carbocycles. The number of thiazole rings is 1. The van der Waals surface area contributed by atoms with Crippen LogP contribution in [0.4, 0.5) is 0 Å². The average Bonchev–Trinajstić information content (AvgIpc) is 3.17. The average molecular weight is 469 g/mol. The number of nitrogens with two attached hydrogens (primary N) is 1. The first-order valence-electron chi connectivity index (χ1n) is 11.0. The van der Waals surface area contributed by atoms with Crippen LogP contribution in [-0.2, 0) is 6.54 Å². The van der Waals surface area contributed by atoms with E-state index in [0.29, 0.717) is 18.8 Å². The largest absolute Gasteiger partial charge is 0.494 e. The number of oxime groups is 1. The van der Waals surface area contributed by atoms with Crippen LogP contribution in [0.15, 0.2) is 53.7 Å². The summed E-state index contributed by atoms with van der Waals surface area (Å²) in [6.07, 6.45) is 2.93. The van der Waals surface area contributed by atoms with Crippen LogP contribution in [0.2, 0.25) is 0 Å². The van der Waals surface area contributed by atoms with Gasteiger partial charge in [0.2, 0.25) is 0 Å². The molecule has 3 N–H and O–H groups in total. The van der Waals surface area contributed by atoms with E-state index in [0.717, 1.165) is 53.6 Å². The van der Waals surface area contributed by atoms with E-state index in [2.05, 4.69) is 43.2 Å². The van der Waals surface area contributed by atoms with Gasteiger partial charge in [0.05, 0.1) is 23.9 Å². The van der Waals surface area contributed by atoms with Gasteiger partial charge in [-0.15, -0.1) is 11.3 Å². The van der Waals surface area contributed by atoms with E-state index in [1.54, 1.807) is 23.5 Å². The van der Waals surface area contributed by atoms with Crippen molar-refractivity contribution in [1.82, 2.24) is 9.88 Å². The van der Waals surface area contributed by atoms with Crippen LogP contribution < -0.4 is 15.2 Å². The Hall–Kier alpha value is -3.10. The van der Waals surface area contributed by atoms with Gasteiger partial charge in [-0.2, -0.15) is 0 Å². The Balaban J connectivity index is 1.36. The first-order valence-corrected chi connectivity index (χ1v) is 11.8. The number of nitrogens with zero attached hydrogens (tertiary/aromatic N) is 3. The summed E-state index contributed by atoms with van der Waals surface area (Å²) in [5, 5.41) is 12.8. The monoisotopic (exact) mass is 468 g/mol. The second kappa shape index (κ2) is 12.2. The van der Waals surface area contributed by atoms with E-state index < -0.39 is 0 Å². The fourth-order valence-corrected chi connectivity index (χ4v) is 4.42. The van der Waals surface area contributed by atoms with Crippen LogP contribution in [0.25, 0.3) is 11.3 Å². The van der Waals surface area contributed by atoms with Gasteiger partial charge in [0, 0.05) is 22.5 Å². The fraction of sp³-hybridized carbons (Fsp3) is 0.360. The van der Waals surface area contributed by atoms with Gasteiger partial charge in [0.15, 0.2) is 5.84 Å². The van der Waals surface area contributed by atoms with Crippen molar-refractivity contribution in [3.05, 3.63) is 64.0 Å². The summed E-state index contributed by atoms with van der Waals surface area (Å²) in [6.45, 7) is 4.26. The summed E-state index contributed by atoms with van der Waals surface area (Å²) < 4.78 is 11.6. The van der Waals surface area contributed by atoms with E-state index in [-0.39, 0.29) is 5.84 Å². The van der Waals surface area contributed by atoms with Gasteiger partial charge in [-0.3, -0.25) is 0 Å². The third kappa shape index (κ3) is 7.47. The molecule has 0 aliphatic rings. The van der Waals surface area contributed by atoms with E-state index in [4.69, 9.17) is 25.4 Å². The number of rotatable bonds is 12. The molecule has 1 aromatic heterocycles. The van der Waals surface area contributed by atoms with Crippen molar-refractivity contribution in [2.45, 2.75) is 32.7 Å². The highest BCUT2D eigenvalue weighted by molar-refractivity contribution is 7.12. The number of hydrogen-bond acceptors (Lipinski definition) is 7. The molecule has 1 heterocycles. The van der Waals surface area contributed by atoms with Crippen LogP contribution in [0.3, 0.4) is 0 Å². The lowest BCUT2D eigenvalue weighted by Crippen LogP contribution is -2.12. The number of aryl methyl sites for hydroxylation is 1. The van der Waals surface area contributed by atoms with Crippen LogP contribution in [0.1, 0.15) is 34.7 Å². The summed E-state index contributed by atoms with van der Waals surface area (Å²) >= 11 is 1.75. The molecule has 0 bridgehead atoms. The maximum absolute atomic E-state index is 8.69. The number of aromatic nitrogens is 1. The lowest BCUT2D eigenvalue weighted by molar-refractivity contribution is 0.279. The maximum Gasteiger partial charge on any atom is 0.170 e. The molecule has 0 radical (unpaired) electrons. The van der Waals surface area contributed by atoms with Crippen molar-refractivity contribution < 1.29 is 14.7 Å². The molecule has 0 saturated heterocycles. The first-order chi connectivity index (χ1) is 16.0. The Morgan fingerprint density at radius 2 is 1.55 bits per heavy atom. The predicted molar refractivity (Wildman–Crippen MR) is 133 cm³/mol. The van der Waals surface area contributed by atoms with Crippen molar-refractivity contribution in [3.63, 3.8) is 0 Å². The number of hydrogen-bond donors (Lipinski definition) is 2. The lowest BCUT2D eigenvalue weighted by atomic mass is 10.1. The van der Waals surface area contributed by atoms with Gasteiger partial charge in [0.1, 0.15) is 11.5 Å². The molecular weight excluding hydrogens is 436 g/mol. The van der Waals surface area contributed by atoms with E-state index in [1.807, 2.05) is 24.3 Å². The topological polar surface area (TPSA) is 93.2 Å². The highest BCUT2D eigenvalue weighted by Crippen LogP contribution is 2.30. The lowest BCUT2D eigenvalue weighted by Gasteiger charge is -2.10. The molecule has 0 atom stereocenters. The highest BCUT2D eigenvalue weighted by atomic mass is 32.1. The van der Waals surface area contributed by atoms with Crippen molar-refractivity contribution in [2.75, 3.05) is 27.3 Å². The second-order valence-corrected chi connectivity index (χ2v) is 9.32. The van der Waals surface area contributed by atoms with Gasteiger partial charge in [-0.1, -0.05) is 5.16 Å². The van der Waals surface area contributed by atoms with E-state index in [9.17, 15) is 0 Å². The van der Waals surface area contributed by atoms with Crippen LogP contribution in [0, 0.1) is 6.92 Å². The standard InChI is InChI=1S/C25H32N4O3S/c1-18-27-24(23(33-18)17-29(2)3)19-7-11-21(12-8-19)31-15-5-4-6-16-32-22-13-9-20(10-14-22)25(26)28-30/h7-14,30H,4-6,15-17H2,1-3H3,(H2,26,28). The summed E-state index contributed by atoms with van der Waals surface area (Å²) in [4.78, 5) is 8.17. The number of amidine groups is 1. The molecule has 0 fully saturated rings. The Bertz CT molecular complexity index is 1030. The predicted octanol–water partition coefficient (Wildman–Crippen LogP) is 4.90.